The van der Waals surface area contributed by atoms with Crippen LogP contribution in [0.3, 0.4) is 0 Å². The Bertz CT molecular complexity index is 461. The number of benzene rings is 1. The molecule has 1 aliphatic heterocycles. The van der Waals surface area contributed by atoms with Gasteiger partial charge in [-0.05, 0) is 25.3 Å². The van der Waals surface area contributed by atoms with E-state index in [1.165, 1.54) is 18.9 Å². The average Bonchev–Trinajstić information content (AvgIpc) is 2.35. The SMILES string of the molecule is O=[N+]([O-])c1ccc2c(c1)NC1CCCCC1O2. The summed E-state index contributed by atoms with van der Waals surface area (Å²) in [5.74, 6) is 0.735. The van der Waals surface area contributed by atoms with Gasteiger partial charge in [-0.3, -0.25) is 10.1 Å². The minimum Gasteiger partial charge on any atom is -0.486 e. The highest BCUT2D eigenvalue weighted by Crippen LogP contribution is 2.38. The van der Waals surface area contributed by atoms with Gasteiger partial charge in [0.25, 0.3) is 5.69 Å². The van der Waals surface area contributed by atoms with Crippen LogP contribution in [0, 0.1) is 10.1 Å². The number of hydrogen-bond acceptors (Lipinski definition) is 4. The molecule has 1 saturated carbocycles. The number of rotatable bonds is 1. The second kappa shape index (κ2) is 3.91. The van der Waals surface area contributed by atoms with E-state index in [1.807, 2.05) is 0 Å². The molecule has 17 heavy (non-hydrogen) atoms. The fourth-order valence-electron chi connectivity index (χ4n) is 2.61. The second-order valence-corrected chi connectivity index (χ2v) is 4.63. The summed E-state index contributed by atoms with van der Waals surface area (Å²) in [5.41, 5.74) is 0.858. The monoisotopic (exact) mass is 234 g/mol. The van der Waals surface area contributed by atoms with Gasteiger partial charge in [-0.25, -0.2) is 0 Å². The molecule has 2 atom stereocenters. The summed E-state index contributed by atoms with van der Waals surface area (Å²) in [6.07, 6.45) is 4.76. The molecule has 0 amide bonds. The molecule has 1 heterocycles. The molecule has 0 aromatic heterocycles. The lowest BCUT2D eigenvalue weighted by Gasteiger charge is -2.37. The number of non-ortho nitro benzene ring substituents is 1. The van der Waals surface area contributed by atoms with E-state index in [4.69, 9.17) is 4.74 Å². The van der Waals surface area contributed by atoms with Crippen molar-refractivity contribution in [1.29, 1.82) is 0 Å². The van der Waals surface area contributed by atoms with E-state index in [0.717, 1.165) is 24.3 Å². The van der Waals surface area contributed by atoms with E-state index in [-0.39, 0.29) is 16.7 Å². The first-order valence-corrected chi connectivity index (χ1v) is 5.96. The Morgan fingerprint density at radius 1 is 1.35 bits per heavy atom. The van der Waals surface area contributed by atoms with E-state index in [2.05, 4.69) is 5.32 Å². The molecule has 3 rings (SSSR count). The van der Waals surface area contributed by atoms with Crippen LogP contribution in [0.15, 0.2) is 18.2 Å². The molecule has 1 aromatic rings. The molecule has 0 radical (unpaired) electrons. The van der Waals surface area contributed by atoms with Crippen LogP contribution in [0.5, 0.6) is 5.75 Å². The van der Waals surface area contributed by atoms with Gasteiger partial charge in [0.05, 0.1) is 16.7 Å². The molecule has 2 unspecified atom stereocenters. The van der Waals surface area contributed by atoms with Gasteiger partial charge in [-0.2, -0.15) is 0 Å². The van der Waals surface area contributed by atoms with Crippen LogP contribution in [0.2, 0.25) is 0 Å². The Labute approximate surface area is 98.9 Å². The molecule has 1 fully saturated rings. The largest absolute Gasteiger partial charge is 0.486 e. The highest BCUT2D eigenvalue weighted by Gasteiger charge is 2.32. The van der Waals surface area contributed by atoms with Crippen LogP contribution in [0.4, 0.5) is 11.4 Å². The Balaban J connectivity index is 1.91. The molecule has 5 heteroatoms. The van der Waals surface area contributed by atoms with Crippen molar-refractivity contribution >= 4 is 11.4 Å². The standard InChI is InChI=1S/C12H14N2O3/c15-14(16)8-5-6-12-10(7-8)13-9-3-1-2-4-11(9)17-12/h5-7,9,11,13H,1-4H2. The van der Waals surface area contributed by atoms with Gasteiger partial charge in [0.2, 0.25) is 0 Å². The first-order valence-electron chi connectivity index (χ1n) is 5.96. The number of nitro benzene ring substituents is 1. The van der Waals surface area contributed by atoms with Crippen molar-refractivity contribution in [2.75, 3.05) is 5.32 Å². The van der Waals surface area contributed by atoms with Crippen LogP contribution in [-0.2, 0) is 0 Å². The van der Waals surface area contributed by atoms with Crippen LogP contribution in [0.25, 0.3) is 0 Å². The van der Waals surface area contributed by atoms with Crippen LogP contribution in [0.1, 0.15) is 25.7 Å². The average molecular weight is 234 g/mol. The zero-order valence-corrected chi connectivity index (χ0v) is 9.39. The summed E-state index contributed by atoms with van der Waals surface area (Å²) < 4.78 is 5.89. The summed E-state index contributed by atoms with van der Waals surface area (Å²) in [6.45, 7) is 0. The van der Waals surface area contributed by atoms with E-state index < -0.39 is 0 Å². The van der Waals surface area contributed by atoms with Crippen molar-refractivity contribution in [1.82, 2.24) is 0 Å². The van der Waals surface area contributed by atoms with Gasteiger partial charge >= 0.3 is 0 Å². The molecule has 0 saturated heterocycles. The fourth-order valence-corrected chi connectivity index (χ4v) is 2.61. The maximum atomic E-state index is 10.7. The quantitative estimate of drug-likeness (QED) is 0.599. The number of hydrogen-bond donors (Lipinski definition) is 1. The molecule has 0 spiro atoms. The van der Waals surface area contributed by atoms with Crippen LogP contribution < -0.4 is 10.1 Å². The van der Waals surface area contributed by atoms with Gasteiger partial charge in [0.1, 0.15) is 11.9 Å². The Morgan fingerprint density at radius 3 is 3.00 bits per heavy atom. The third-order valence-electron chi connectivity index (χ3n) is 3.50. The summed E-state index contributed by atoms with van der Waals surface area (Å²) in [5, 5.41) is 14.1. The first kappa shape index (κ1) is 10.4. The third-order valence-corrected chi connectivity index (χ3v) is 3.50. The zero-order valence-electron chi connectivity index (χ0n) is 9.39. The third kappa shape index (κ3) is 1.81. The topological polar surface area (TPSA) is 64.4 Å². The number of nitrogens with zero attached hydrogens (tertiary/aromatic N) is 1. The second-order valence-electron chi connectivity index (χ2n) is 4.63. The van der Waals surface area contributed by atoms with Crippen molar-refractivity contribution in [3.8, 4) is 5.75 Å². The highest BCUT2D eigenvalue weighted by atomic mass is 16.6. The number of nitrogens with one attached hydrogen (secondary N) is 1. The summed E-state index contributed by atoms with van der Waals surface area (Å²) in [4.78, 5) is 10.3. The minimum absolute atomic E-state index is 0.106. The maximum Gasteiger partial charge on any atom is 0.271 e. The smallest absolute Gasteiger partial charge is 0.271 e. The normalized spacial score (nSPS) is 26.1. The summed E-state index contributed by atoms with van der Waals surface area (Å²) in [6, 6.07) is 5.04. The lowest BCUT2D eigenvalue weighted by atomic mass is 9.91. The van der Waals surface area contributed by atoms with Gasteiger partial charge in [0, 0.05) is 12.1 Å². The van der Waals surface area contributed by atoms with Gasteiger partial charge in [-0.15, -0.1) is 0 Å². The number of fused-ring (bicyclic) bond motifs is 2. The van der Waals surface area contributed by atoms with E-state index >= 15 is 0 Å². The summed E-state index contributed by atoms with van der Waals surface area (Å²) >= 11 is 0. The lowest BCUT2D eigenvalue weighted by Crippen LogP contribution is -2.43. The first-order chi connectivity index (χ1) is 8.24. The lowest BCUT2D eigenvalue weighted by molar-refractivity contribution is -0.384. The van der Waals surface area contributed by atoms with E-state index in [1.54, 1.807) is 12.1 Å². The van der Waals surface area contributed by atoms with Gasteiger partial charge in [0.15, 0.2) is 0 Å². The van der Waals surface area contributed by atoms with Gasteiger partial charge < -0.3 is 10.1 Å². The van der Waals surface area contributed by atoms with Crippen molar-refractivity contribution in [3.05, 3.63) is 28.3 Å². The van der Waals surface area contributed by atoms with Gasteiger partial charge in [-0.1, -0.05) is 6.42 Å². The molecule has 1 aliphatic carbocycles. The van der Waals surface area contributed by atoms with E-state index in [9.17, 15) is 10.1 Å². The number of ether oxygens (including phenoxy) is 1. The molecular formula is C12H14N2O3. The molecule has 5 nitrogen and oxygen atoms in total. The van der Waals surface area contributed by atoms with Crippen molar-refractivity contribution < 1.29 is 9.66 Å². The van der Waals surface area contributed by atoms with Crippen LogP contribution >= 0.6 is 0 Å². The number of nitro groups is 1. The molecular weight excluding hydrogens is 220 g/mol. The maximum absolute atomic E-state index is 10.7. The highest BCUT2D eigenvalue weighted by molar-refractivity contribution is 5.63. The molecule has 0 bridgehead atoms. The zero-order chi connectivity index (χ0) is 11.8. The molecule has 1 N–H and O–H groups in total. The Morgan fingerprint density at radius 2 is 2.18 bits per heavy atom. The predicted molar refractivity (Wildman–Crippen MR) is 63.4 cm³/mol. The van der Waals surface area contributed by atoms with E-state index in [0.29, 0.717) is 6.04 Å². The van der Waals surface area contributed by atoms with Crippen LogP contribution in [-0.4, -0.2) is 17.1 Å². The predicted octanol–water partition coefficient (Wildman–Crippen LogP) is 2.71. The Hall–Kier alpha value is -1.78. The molecule has 1 aromatic carbocycles. The molecule has 2 aliphatic rings. The fraction of sp³-hybridized carbons (Fsp3) is 0.500. The minimum atomic E-state index is -0.380. The Kier molecular flexibility index (Phi) is 2.39. The van der Waals surface area contributed by atoms with Crippen molar-refractivity contribution in [2.24, 2.45) is 0 Å². The van der Waals surface area contributed by atoms with Crippen molar-refractivity contribution in [3.63, 3.8) is 0 Å². The summed E-state index contributed by atoms with van der Waals surface area (Å²) in [7, 11) is 0. The van der Waals surface area contributed by atoms with Crippen molar-refractivity contribution in [2.45, 2.75) is 37.8 Å². The molecule has 90 valence electrons. The number of anilines is 1.